The zero-order valence-electron chi connectivity index (χ0n) is 28.9. The van der Waals surface area contributed by atoms with Crippen molar-refractivity contribution < 1.29 is 39.4 Å². The number of aromatic nitrogens is 1. The minimum atomic E-state index is -1.60. The molecule has 2 saturated carbocycles. The van der Waals surface area contributed by atoms with Gasteiger partial charge < -0.3 is 39.5 Å². The highest BCUT2D eigenvalue weighted by Crippen LogP contribution is 2.53. The largest absolute Gasteiger partial charge is 0.490 e. The Morgan fingerprint density at radius 2 is 1.82 bits per heavy atom. The van der Waals surface area contributed by atoms with Crippen molar-refractivity contribution in [2.24, 2.45) is 5.92 Å². The second-order valence-corrected chi connectivity index (χ2v) is 15.5. The number of para-hydroxylation sites is 1. The van der Waals surface area contributed by atoms with Crippen LogP contribution in [0.3, 0.4) is 0 Å². The number of aliphatic hydroxyl groups is 4. The first-order valence-electron chi connectivity index (χ1n) is 18.0. The van der Waals surface area contributed by atoms with Crippen molar-refractivity contribution in [3.8, 4) is 16.9 Å². The highest BCUT2D eigenvalue weighted by atomic mass is 35.5. The third-order valence-corrected chi connectivity index (χ3v) is 11.4. The summed E-state index contributed by atoms with van der Waals surface area (Å²) < 4.78 is 18.4. The summed E-state index contributed by atoms with van der Waals surface area (Å²) in [6, 6.07) is 16.2. The van der Waals surface area contributed by atoms with Gasteiger partial charge in [0.25, 0.3) is 0 Å². The van der Waals surface area contributed by atoms with Gasteiger partial charge in [0.1, 0.15) is 18.0 Å². The van der Waals surface area contributed by atoms with Gasteiger partial charge >= 0.3 is 0 Å². The van der Waals surface area contributed by atoms with Crippen LogP contribution in [0.25, 0.3) is 11.1 Å². The molecule has 6 rings (SSSR count). The van der Waals surface area contributed by atoms with Crippen molar-refractivity contribution >= 4 is 29.3 Å². The highest BCUT2D eigenvalue weighted by Gasteiger charge is 2.48. The lowest BCUT2D eigenvalue weighted by Crippen LogP contribution is -2.44. The summed E-state index contributed by atoms with van der Waals surface area (Å²) in [5, 5.41) is 39.9. The van der Waals surface area contributed by atoms with Crippen LogP contribution in [0.15, 0.2) is 65.8 Å². The summed E-state index contributed by atoms with van der Waals surface area (Å²) in [6.45, 7) is 1.99. The Morgan fingerprint density at radius 1 is 1.04 bits per heavy atom. The topological polar surface area (TPSA) is 142 Å². The predicted molar refractivity (Wildman–Crippen MR) is 196 cm³/mol. The van der Waals surface area contributed by atoms with E-state index >= 15 is 0 Å². The van der Waals surface area contributed by atoms with Crippen molar-refractivity contribution in [1.82, 2.24) is 9.88 Å². The monoisotopic (exact) mass is 740 g/mol. The normalized spacial score (nSPS) is 18.9. The molecule has 12 heteroatoms. The van der Waals surface area contributed by atoms with Crippen LogP contribution < -0.4 is 4.74 Å². The number of hydrogen-bond donors (Lipinski definition) is 4. The lowest BCUT2D eigenvalue weighted by atomic mass is 9.96. The number of amides is 1. The average molecular weight is 741 g/mol. The Kier molecular flexibility index (Phi) is 13.3. The van der Waals surface area contributed by atoms with Gasteiger partial charge in [-0.3, -0.25) is 9.78 Å². The number of carbonyl (C=O) groups excluding carboxylic acids is 1. The molecule has 2 aliphatic carbocycles. The number of pyridine rings is 1. The van der Waals surface area contributed by atoms with Crippen LogP contribution in [0.5, 0.6) is 5.75 Å². The molecule has 1 aliphatic heterocycles. The molecule has 1 aromatic heterocycles. The Balaban J connectivity index is 1.06. The first-order chi connectivity index (χ1) is 24.8. The molecule has 3 unspecified atom stereocenters. The number of benzene rings is 2. The van der Waals surface area contributed by atoms with Crippen molar-refractivity contribution in [1.29, 1.82) is 0 Å². The first-order valence-corrected chi connectivity index (χ1v) is 19.4. The molecule has 3 fully saturated rings. The molecule has 0 spiro atoms. The average Bonchev–Trinajstić information content (AvgIpc) is 4.10. The van der Waals surface area contributed by atoms with E-state index in [0.29, 0.717) is 56.4 Å². The van der Waals surface area contributed by atoms with Crippen molar-refractivity contribution in [2.45, 2.75) is 92.9 Å². The van der Waals surface area contributed by atoms with Gasteiger partial charge in [-0.25, -0.2) is 0 Å². The molecule has 276 valence electrons. The predicted octanol–water partition coefficient (Wildman–Crippen LogP) is 5.35. The number of halogens is 1. The molecule has 3 aromatic rings. The van der Waals surface area contributed by atoms with E-state index in [4.69, 9.17) is 30.9 Å². The van der Waals surface area contributed by atoms with E-state index in [1.165, 1.54) is 0 Å². The summed E-state index contributed by atoms with van der Waals surface area (Å²) in [5.74, 6) is 1.64. The molecular weight excluding hydrogens is 692 g/mol. The fraction of sp³-hybridized carbons (Fsp3) is 0.538. The van der Waals surface area contributed by atoms with Crippen molar-refractivity contribution in [3.63, 3.8) is 0 Å². The van der Waals surface area contributed by atoms with E-state index in [1.807, 2.05) is 48.8 Å². The smallest absolute Gasteiger partial charge is 0.225 e. The molecule has 0 radical (unpaired) electrons. The van der Waals surface area contributed by atoms with Crippen LogP contribution >= 0.6 is 23.4 Å². The molecule has 3 aliphatic rings. The van der Waals surface area contributed by atoms with Gasteiger partial charge in [-0.1, -0.05) is 29.8 Å². The number of rotatable bonds is 19. The maximum Gasteiger partial charge on any atom is 0.225 e. The molecule has 1 amide bonds. The fourth-order valence-electron chi connectivity index (χ4n) is 6.52. The molecule has 4 N–H and O–H groups in total. The summed E-state index contributed by atoms with van der Waals surface area (Å²) in [4.78, 5) is 20.5. The van der Waals surface area contributed by atoms with Gasteiger partial charge in [-0.05, 0) is 98.1 Å². The van der Waals surface area contributed by atoms with Gasteiger partial charge in [-0.2, -0.15) is 0 Å². The van der Waals surface area contributed by atoms with Gasteiger partial charge in [0.15, 0.2) is 0 Å². The van der Waals surface area contributed by atoms with E-state index in [1.54, 1.807) is 16.7 Å². The van der Waals surface area contributed by atoms with E-state index < -0.39 is 30.5 Å². The quantitative estimate of drug-likeness (QED) is 0.0939. The molecule has 1 saturated heterocycles. The Labute approximate surface area is 309 Å². The van der Waals surface area contributed by atoms with Crippen LogP contribution in [-0.2, 0) is 26.5 Å². The lowest BCUT2D eigenvalue weighted by molar-refractivity contribution is -0.139. The summed E-state index contributed by atoms with van der Waals surface area (Å²) in [5.41, 5.74) is 3.65. The number of hydrogen-bond acceptors (Lipinski definition) is 10. The number of aliphatic hydroxyl groups excluding tert-OH is 4. The highest BCUT2D eigenvalue weighted by molar-refractivity contribution is 7.99. The number of nitrogens with zero attached hydrogens (tertiary/aromatic N) is 2. The zero-order valence-corrected chi connectivity index (χ0v) is 30.4. The maximum absolute atomic E-state index is 13.2. The van der Waals surface area contributed by atoms with Crippen molar-refractivity contribution in [3.05, 3.63) is 77.1 Å². The number of ether oxygens (including phenoxy) is 3. The first kappa shape index (κ1) is 38.0. The summed E-state index contributed by atoms with van der Waals surface area (Å²) in [6.07, 6.45) is 5.49. The number of thioether (sulfide) groups is 1. The van der Waals surface area contributed by atoms with Gasteiger partial charge in [-0.15, -0.1) is 11.8 Å². The van der Waals surface area contributed by atoms with E-state index in [9.17, 15) is 20.1 Å². The molecule has 2 aromatic carbocycles. The lowest BCUT2D eigenvalue weighted by Gasteiger charge is -2.31. The van der Waals surface area contributed by atoms with Gasteiger partial charge in [0.2, 0.25) is 5.91 Å². The minimum Gasteiger partial charge on any atom is -0.490 e. The van der Waals surface area contributed by atoms with Crippen LogP contribution in [0.2, 0.25) is 5.02 Å². The second kappa shape index (κ2) is 17.9. The Hall–Kier alpha value is -2.74. The minimum absolute atomic E-state index is 0.293. The molecule has 3 atom stereocenters. The van der Waals surface area contributed by atoms with Gasteiger partial charge in [0.05, 0.1) is 37.4 Å². The molecule has 51 heavy (non-hydrogen) atoms. The standard InChI is InChI=1S/C39H49ClN2O8S/c40-33-9-8-29(51-19-3-16-42(23-26-11-17-48-18-12-26)37(46)21-34(44)38(47)35(45)24-43)20-27(33)25-49-39(13-14-39)32-22-41-15-10-30(32)31-4-1-2-5-36(31)50-28-6-7-28/h1-2,4-5,8-10,15,20,22,26,28,34-35,38,43-45,47H,3,6-7,11-14,16-19,21,23-25H2. The van der Waals surface area contributed by atoms with Crippen molar-refractivity contribution in [2.75, 3.05) is 38.7 Å². The van der Waals surface area contributed by atoms with E-state index in [2.05, 4.69) is 17.1 Å². The Morgan fingerprint density at radius 3 is 2.57 bits per heavy atom. The zero-order chi connectivity index (χ0) is 35.8. The Bertz CT molecular complexity index is 1600. The molecule has 10 nitrogen and oxygen atoms in total. The number of carbonyl (C=O) groups is 1. The second-order valence-electron chi connectivity index (χ2n) is 13.9. The summed E-state index contributed by atoms with van der Waals surface area (Å²) in [7, 11) is 0. The molecule has 2 heterocycles. The third-order valence-electron chi connectivity index (χ3n) is 9.90. The van der Waals surface area contributed by atoms with Crippen LogP contribution in [0.1, 0.15) is 62.5 Å². The molecule has 0 bridgehead atoms. The molecular formula is C39H49ClN2O8S. The van der Waals surface area contributed by atoms with Crippen LogP contribution in [0.4, 0.5) is 0 Å². The summed E-state index contributed by atoms with van der Waals surface area (Å²) >= 11 is 8.36. The fourth-order valence-corrected chi connectivity index (χ4v) is 7.59. The van der Waals surface area contributed by atoms with Crippen LogP contribution in [0, 0.1) is 5.92 Å². The van der Waals surface area contributed by atoms with E-state index in [0.717, 1.165) is 77.2 Å². The van der Waals surface area contributed by atoms with Crippen LogP contribution in [-0.4, -0.2) is 99.3 Å². The van der Waals surface area contributed by atoms with E-state index in [-0.39, 0.29) is 12.3 Å². The third kappa shape index (κ3) is 10.2. The maximum atomic E-state index is 13.2. The van der Waals surface area contributed by atoms with Gasteiger partial charge in [0, 0.05) is 59.7 Å². The SMILES string of the molecule is O=C(CC(O)C(O)C(O)CO)N(CCCSc1ccc(Cl)c(COC2(c3cnccc3-c3ccccc3OC3CC3)CC2)c1)CC1CCOCC1.